The number of anilines is 1. The Hall–Kier alpha value is -2.27. The number of likely N-dealkylation sites (N-methyl/N-ethyl adjacent to an activating group) is 1. The maximum absolute atomic E-state index is 12.8. The van der Waals surface area contributed by atoms with Crippen molar-refractivity contribution < 1.29 is 21.6 Å². The third-order valence-electron chi connectivity index (χ3n) is 5.67. The van der Waals surface area contributed by atoms with E-state index in [0.29, 0.717) is 44.7 Å². The van der Waals surface area contributed by atoms with Gasteiger partial charge in [-0.3, -0.25) is 4.79 Å². The highest BCUT2D eigenvalue weighted by Gasteiger charge is 2.28. The van der Waals surface area contributed by atoms with E-state index in [-0.39, 0.29) is 10.6 Å². The normalized spacial score (nSPS) is 15.9. The number of nitrogens with zero attached hydrogens (tertiary/aromatic N) is 2. The van der Waals surface area contributed by atoms with Crippen LogP contribution in [0.25, 0.3) is 0 Å². The third kappa shape index (κ3) is 7.36. The number of rotatable bonds is 10. The largest absolute Gasteiger partial charge is 0.325 e. The molecular weight excluding hydrogens is 462 g/mol. The lowest BCUT2D eigenvalue weighted by atomic mass is 10.1. The Morgan fingerprint density at radius 3 is 2.15 bits per heavy atom. The maximum atomic E-state index is 12.8. The first kappa shape index (κ1) is 25.4. The van der Waals surface area contributed by atoms with E-state index < -0.39 is 31.5 Å². The van der Waals surface area contributed by atoms with Crippen LogP contribution in [0, 0.1) is 0 Å². The number of piperazine rings is 1. The summed E-state index contributed by atoms with van der Waals surface area (Å²) in [6.45, 7) is 5.22. The zero-order valence-corrected chi connectivity index (χ0v) is 20.4. The Balaban J connectivity index is 1.51. The van der Waals surface area contributed by atoms with Gasteiger partial charge in [-0.25, -0.2) is 16.8 Å². The molecule has 1 aliphatic rings. The third-order valence-corrected chi connectivity index (χ3v) is 9.19. The molecule has 1 amide bonds. The number of hydrogen-bond acceptors (Lipinski definition) is 6. The van der Waals surface area contributed by atoms with Gasteiger partial charge in [0.1, 0.15) is 5.75 Å². The second-order valence-corrected chi connectivity index (χ2v) is 12.2. The smallest absolute Gasteiger partial charge is 0.243 e. The van der Waals surface area contributed by atoms with Crippen molar-refractivity contribution in [2.24, 2.45) is 0 Å². The fraction of sp³-hybridized carbons (Fsp3) is 0.435. The number of carbonyl (C=O) groups excluding carboxylic acids is 1. The van der Waals surface area contributed by atoms with E-state index >= 15 is 0 Å². The molecule has 1 aliphatic heterocycles. The summed E-state index contributed by atoms with van der Waals surface area (Å²) in [5.74, 6) is -1.32. The predicted molar refractivity (Wildman–Crippen MR) is 129 cm³/mol. The summed E-state index contributed by atoms with van der Waals surface area (Å²) in [5, 5.41) is 2.54. The highest BCUT2D eigenvalue weighted by Crippen LogP contribution is 2.20. The van der Waals surface area contributed by atoms with E-state index in [1.807, 2.05) is 37.3 Å². The summed E-state index contributed by atoms with van der Waals surface area (Å²) < 4.78 is 51.7. The molecule has 0 bridgehead atoms. The van der Waals surface area contributed by atoms with Crippen molar-refractivity contribution in [3.05, 3.63) is 60.2 Å². The molecule has 8 nitrogen and oxygen atoms in total. The Labute approximate surface area is 196 Å². The summed E-state index contributed by atoms with van der Waals surface area (Å²) in [7, 11) is -7.15. The fourth-order valence-corrected chi connectivity index (χ4v) is 6.38. The van der Waals surface area contributed by atoms with Gasteiger partial charge >= 0.3 is 0 Å². The van der Waals surface area contributed by atoms with Gasteiger partial charge < -0.3 is 10.2 Å². The van der Waals surface area contributed by atoms with E-state index in [1.54, 1.807) is 0 Å². The highest BCUT2D eigenvalue weighted by molar-refractivity contribution is 7.92. The predicted octanol–water partition coefficient (Wildman–Crippen LogP) is 2.00. The van der Waals surface area contributed by atoms with E-state index in [0.717, 1.165) is 12.1 Å². The number of sulfonamides is 1. The second-order valence-electron chi connectivity index (χ2n) is 8.09. The molecule has 10 heteroatoms. The van der Waals surface area contributed by atoms with Gasteiger partial charge in [0.05, 0.1) is 10.6 Å². The van der Waals surface area contributed by atoms with Crippen molar-refractivity contribution in [3.63, 3.8) is 0 Å². The molecule has 1 N–H and O–H groups in total. The molecule has 0 spiro atoms. The van der Waals surface area contributed by atoms with Crippen LogP contribution in [0.15, 0.2) is 59.5 Å². The summed E-state index contributed by atoms with van der Waals surface area (Å²) >= 11 is 0. The molecular formula is C23H31N3O5S2. The number of benzene rings is 2. The van der Waals surface area contributed by atoms with Crippen LogP contribution in [0.4, 0.5) is 5.69 Å². The molecule has 1 fully saturated rings. The zero-order valence-electron chi connectivity index (χ0n) is 18.8. The average molecular weight is 494 g/mol. The molecule has 0 aromatic heterocycles. The van der Waals surface area contributed by atoms with Crippen molar-refractivity contribution in [3.8, 4) is 0 Å². The van der Waals surface area contributed by atoms with Gasteiger partial charge in [-0.15, -0.1) is 0 Å². The number of sulfone groups is 1. The van der Waals surface area contributed by atoms with Crippen molar-refractivity contribution in [1.82, 2.24) is 9.21 Å². The Bertz CT molecular complexity index is 1130. The van der Waals surface area contributed by atoms with Crippen molar-refractivity contribution >= 4 is 31.5 Å². The van der Waals surface area contributed by atoms with Gasteiger partial charge in [-0.2, -0.15) is 4.31 Å². The van der Waals surface area contributed by atoms with Crippen LogP contribution in [0.5, 0.6) is 0 Å². The topological polar surface area (TPSA) is 104 Å². The number of hydrogen-bond donors (Lipinski definition) is 1. The molecule has 0 radical (unpaired) electrons. The Kier molecular flexibility index (Phi) is 8.63. The molecule has 2 aromatic carbocycles. The maximum Gasteiger partial charge on any atom is 0.243 e. The van der Waals surface area contributed by atoms with E-state index in [2.05, 4.69) is 10.2 Å². The molecule has 1 saturated heterocycles. The molecule has 0 atom stereocenters. The molecule has 0 saturated carbocycles. The van der Waals surface area contributed by atoms with Crippen LogP contribution in [0.3, 0.4) is 0 Å². The second kappa shape index (κ2) is 11.2. The number of nitrogens with one attached hydrogen (secondary N) is 1. The van der Waals surface area contributed by atoms with E-state index in [9.17, 15) is 21.6 Å². The average Bonchev–Trinajstić information content (AvgIpc) is 2.79. The van der Waals surface area contributed by atoms with E-state index in [1.165, 1.54) is 28.6 Å². The summed E-state index contributed by atoms with van der Waals surface area (Å²) in [5.41, 5.74) is 1.41. The minimum atomic E-state index is -3.60. The van der Waals surface area contributed by atoms with Crippen LogP contribution in [-0.2, 0) is 31.1 Å². The quantitative estimate of drug-likeness (QED) is 0.543. The molecule has 2 aromatic rings. The number of aryl methyl sites for hydroxylation is 1. The lowest BCUT2D eigenvalue weighted by Crippen LogP contribution is -2.48. The Morgan fingerprint density at radius 1 is 0.909 bits per heavy atom. The Morgan fingerprint density at radius 2 is 1.55 bits per heavy atom. The van der Waals surface area contributed by atoms with Gasteiger partial charge in [0.2, 0.25) is 15.9 Å². The van der Waals surface area contributed by atoms with Gasteiger partial charge in [0.15, 0.2) is 9.84 Å². The first-order valence-corrected chi connectivity index (χ1v) is 14.3. The van der Waals surface area contributed by atoms with E-state index in [4.69, 9.17) is 0 Å². The summed E-state index contributed by atoms with van der Waals surface area (Å²) in [6, 6.07) is 15.4. The summed E-state index contributed by atoms with van der Waals surface area (Å²) in [4.78, 5) is 14.6. The lowest BCUT2D eigenvalue weighted by molar-refractivity contribution is -0.113. The van der Waals surface area contributed by atoms with Gasteiger partial charge in [-0.05, 0) is 49.2 Å². The van der Waals surface area contributed by atoms with Crippen molar-refractivity contribution in [2.45, 2.75) is 24.7 Å². The van der Waals surface area contributed by atoms with Crippen LogP contribution in [0.1, 0.15) is 18.9 Å². The van der Waals surface area contributed by atoms with Crippen LogP contribution in [0.2, 0.25) is 0 Å². The minimum absolute atomic E-state index is 0.0716. The lowest BCUT2D eigenvalue weighted by Gasteiger charge is -2.33. The fourth-order valence-electron chi connectivity index (χ4n) is 3.76. The minimum Gasteiger partial charge on any atom is -0.325 e. The zero-order chi connectivity index (χ0) is 23.9. The number of carbonyl (C=O) groups is 1. The number of amides is 1. The van der Waals surface area contributed by atoms with Crippen LogP contribution < -0.4 is 5.32 Å². The van der Waals surface area contributed by atoms with Gasteiger partial charge in [-0.1, -0.05) is 37.3 Å². The van der Waals surface area contributed by atoms with Crippen molar-refractivity contribution in [2.75, 3.05) is 49.5 Å². The first-order chi connectivity index (χ1) is 15.7. The monoisotopic (exact) mass is 493 g/mol. The molecule has 0 aliphatic carbocycles. The SMILES string of the molecule is CCN1CCN(S(=O)(=O)c2ccc(NC(=O)CS(=O)(=O)CCCc3ccccc3)cc2)CC1. The van der Waals surface area contributed by atoms with Gasteiger partial charge in [0.25, 0.3) is 0 Å². The first-order valence-electron chi connectivity index (χ1n) is 11.1. The van der Waals surface area contributed by atoms with Gasteiger partial charge in [0, 0.05) is 31.9 Å². The van der Waals surface area contributed by atoms with Crippen molar-refractivity contribution in [1.29, 1.82) is 0 Å². The highest BCUT2D eigenvalue weighted by atomic mass is 32.2. The van der Waals surface area contributed by atoms with Crippen LogP contribution >= 0.6 is 0 Å². The summed E-state index contributed by atoms with van der Waals surface area (Å²) in [6.07, 6.45) is 1.07. The van der Waals surface area contributed by atoms with Crippen LogP contribution in [-0.4, -0.2) is 76.2 Å². The molecule has 33 heavy (non-hydrogen) atoms. The molecule has 180 valence electrons. The molecule has 3 rings (SSSR count). The molecule has 0 unspecified atom stereocenters. The molecule has 1 heterocycles. The standard InChI is InChI=1S/C23H31N3O5S2/c1-2-25-14-16-26(17-15-25)33(30,31)22-12-10-21(11-13-22)24-23(27)19-32(28,29)18-6-9-20-7-4-3-5-8-20/h3-5,7-8,10-13H,2,6,9,14-19H2,1H3,(H,24,27).